The van der Waals surface area contributed by atoms with Crippen LogP contribution < -0.4 is 0 Å². The van der Waals surface area contributed by atoms with Gasteiger partial charge in [-0.15, -0.1) is 0 Å². The normalized spacial score (nSPS) is 11.7. The van der Waals surface area contributed by atoms with Crippen LogP contribution in [0.15, 0.2) is 35.4 Å². The Kier molecular flexibility index (Phi) is 2.97. The molecule has 2 rings (SSSR count). The molecule has 0 radical (unpaired) electrons. The minimum atomic E-state index is -3.74. The monoisotopic (exact) mass is 270 g/mol. The molecule has 90 valence electrons. The predicted octanol–water partition coefficient (Wildman–Crippen LogP) is 2.42. The molecule has 0 aliphatic carbocycles. The quantitative estimate of drug-likeness (QED) is 0.788. The number of nitrogens with zero attached hydrogens (tertiary/aromatic N) is 2. The fourth-order valence-corrected chi connectivity index (χ4v) is 2.74. The van der Waals surface area contributed by atoms with Gasteiger partial charge in [-0.1, -0.05) is 18.2 Å². The van der Waals surface area contributed by atoms with Crippen molar-refractivity contribution in [3.63, 3.8) is 0 Å². The molecule has 0 atom stereocenters. The standard InChI is InChI=1S/C11H11ClN2O2S/c1-8-5-3-4-6-10(8)14-9(2)11(7-13-14)17(12,15)16/h3-7H,1-2H3. The fourth-order valence-electron chi connectivity index (χ4n) is 1.68. The zero-order valence-electron chi connectivity index (χ0n) is 9.38. The van der Waals surface area contributed by atoms with Crippen molar-refractivity contribution in [2.75, 3.05) is 0 Å². The Hall–Kier alpha value is -1.33. The lowest BCUT2D eigenvalue weighted by Crippen LogP contribution is -2.02. The molecule has 0 spiro atoms. The van der Waals surface area contributed by atoms with E-state index >= 15 is 0 Å². The van der Waals surface area contributed by atoms with Crippen molar-refractivity contribution in [3.05, 3.63) is 41.7 Å². The van der Waals surface area contributed by atoms with E-state index in [4.69, 9.17) is 10.7 Å². The number of halogens is 1. The Morgan fingerprint density at radius 2 is 1.88 bits per heavy atom. The molecule has 0 aliphatic heterocycles. The van der Waals surface area contributed by atoms with Crippen LogP contribution in [0.25, 0.3) is 5.69 Å². The summed E-state index contributed by atoms with van der Waals surface area (Å²) in [5.41, 5.74) is 2.36. The second kappa shape index (κ2) is 4.16. The van der Waals surface area contributed by atoms with Crippen LogP contribution in [0.1, 0.15) is 11.3 Å². The molecule has 4 nitrogen and oxygen atoms in total. The van der Waals surface area contributed by atoms with Gasteiger partial charge >= 0.3 is 0 Å². The Bertz CT molecular complexity index is 662. The highest BCUT2D eigenvalue weighted by Crippen LogP contribution is 2.22. The Labute approximate surface area is 104 Å². The lowest BCUT2D eigenvalue weighted by Gasteiger charge is -2.07. The molecule has 0 amide bonds. The maximum atomic E-state index is 11.3. The number of aryl methyl sites for hydroxylation is 1. The maximum Gasteiger partial charge on any atom is 0.264 e. The Morgan fingerprint density at radius 1 is 1.24 bits per heavy atom. The van der Waals surface area contributed by atoms with E-state index in [9.17, 15) is 8.42 Å². The van der Waals surface area contributed by atoms with Crippen molar-refractivity contribution >= 4 is 19.7 Å². The smallest absolute Gasteiger partial charge is 0.236 e. The van der Waals surface area contributed by atoms with Crippen LogP contribution >= 0.6 is 10.7 Å². The first-order valence-corrected chi connectivity index (χ1v) is 7.27. The van der Waals surface area contributed by atoms with E-state index in [1.54, 1.807) is 11.6 Å². The molecule has 0 N–H and O–H groups in total. The molecule has 0 aliphatic rings. The molecule has 0 unspecified atom stereocenters. The van der Waals surface area contributed by atoms with Crippen LogP contribution in [0.4, 0.5) is 0 Å². The van der Waals surface area contributed by atoms with Gasteiger partial charge in [-0.05, 0) is 25.5 Å². The third-order valence-corrected chi connectivity index (χ3v) is 4.00. The van der Waals surface area contributed by atoms with Crippen LogP contribution in [0.3, 0.4) is 0 Å². The van der Waals surface area contributed by atoms with E-state index in [1.807, 2.05) is 31.2 Å². The molecule has 1 aromatic heterocycles. The van der Waals surface area contributed by atoms with E-state index < -0.39 is 9.05 Å². The van der Waals surface area contributed by atoms with Gasteiger partial charge in [0.15, 0.2) is 0 Å². The summed E-state index contributed by atoms with van der Waals surface area (Å²) in [6.45, 7) is 3.61. The van der Waals surface area contributed by atoms with Crippen LogP contribution in [0.2, 0.25) is 0 Å². The molecule has 1 aromatic carbocycles. The molecule has 0 saturated carbocycles. The van der Waals surface area contributed by atoms with Gasteiger partial charge < -0.3 is 0 Å². The average molecular weight is 271 g/mol. The second-order valence-electron chi connectivity index (χ2n) is 3.73. The van der Waals surface area contributed by atoms with Crippen molar-refractivity contribution < 1.29 is 8.42 Å². The largest absolute Gasteiger partial charge is 0.264 e. The van der Waals surface area contributed by atoms with Gasteiger partial charge in [0.25, 0.3) is 9.05 Å². The summed E-state index contributed by atoms with van der Waals surface area (Å²) in [5.74, 6) is 0. The summed E-state index contributed by atoms with van der Waals surface area (Å²) in [6, 6.07) is 7.60. The molecule has 1 heterocycles. The minimum absolute atomic E-state index is 0.0439. The van der Waals surface area contributed by atoms with Crippen LogP contribution in [-0.2, 0) is 9.05 Å². The Morgan fingerprint density at radius 3 is 2.41 bits per heavy atom. The molecule has 0 saturated heterocycles. The van der Waals surface area contributed by atoms with Gasteiger partial charge in [0.05, 0.1) is 17.6 Å². The second-order valence-corrected chi connectivity index (χ2v) is 6.26. The third kappa shape index (κ3) is 2.21. The molecule has 2 aromatic rings. The summed E-state index contributed by atoms with van der Waals surface area (Å²) in [5, 5.41) is 4.07. The van der Waals surface area contributed by atoms with Crippen LogP contribution in [-0.4, -0.2) is 18.2 Å². The van der Waals surface area contributed by atoms with Gasteiger partial charge in [0.2, 0.25) is 0 Å². The average Bonchev–Trinajstić information content (AvgIpc) is 2.60. The topological polar surface area (TPSA) is 52.0 Å². The SMILES string of the molecule is Cc1ccccc1-n1ncc(S(=O)(=O)Cl)c1C. The molecular formula is C11H11ClN2O2S. The summed E-state index contributed by atoms with van der Waals surface area (Å²) < 4.78 is 24.2. The van der Waals surface area contributed by atoms with Crippen molar-refractivity contribution in [3.8, 4) is 5.69 Å². The van der Waals surface area contributed by atoms with Crippen molar-refractivity contribution in [2.24, 2.45) is 0 Å². The van der Waals surface area contributed by atoms with E-state index in [2.05, 4.69) is 5.10 Å². The van der Waals surface area contributed by atoms with Gasteiger partial charge in [-0.25, -0.2) is 13.1 Å². The molecule has 17 heavy (non-hydrogen) atoms. The summed E-state index contributed by atoms with van der Waals surface area (Å²) >= 11 is 0. The Balaban J connectivity index is 2.64. The van der Waals surface area contributed by atoms with E-state index in [0.29, 0.717) is 5.69 Å². The van der Waals surface area contributed by atoms with E-state index in [-0.39, 0.29) is 4.90 Å². The third-order valence-electron chi connectivity index (χ3n) is 2.57. The zero-order valence-corrected chi connectivity index (χ0v) is 11.0. The van der Waals surface area contributed by atoms with Crippen molar-refractivity contribution in [1.82, 2.24) is 9.78 Å². The number of para-hydroxylation sites is 1. The number of benzene rings is 1. The molecular weight excluding hydrogens is 260 g/mol. The molecule has 0 bridgehead atoms. The van der Waals surface area contributed by atoms with Crippen LogP contribution in [0.5, 0.6) is 0 Å². The lowest BCUT2D eigenvalue weighted by atomic mass is 10.2. The van der Waals surface area contributed by atoms with E-state index in [1.165, 1.54) is 6.20 Å². The first-order chi connectivity index (χ1) is 7.91. The van der Waals surface area contributed by atoms with Crippen molar-refractivity contribution in [2.45, 2.75) is 18.7 Å². The maximum absolute atomic E-state index is 11.3. The number of rotatable bonds is 2. The van der Waals surface area contributed by atoms with E-state index in [0.717, 1.165) is 11.3 Å². The van der Waals surface area contributed by atoms with Crippen LogP contribution in [0, 0.1) is 13.8 Å². The molecule has 0 fully saturated rings. The predicted molar refractivity (Wildman–Crippen MR) is 66.1 cm³/mol. The lowest BCUT2D eigenvalue weighted by molar-refractivity contribution is 0.609. The highest BCUT2D eigenvalue weighted by atomic mass is 35.7. The summed E-state index contributed by atoms with van der Waals surface area (Å²) in [4.78, 5) is 0.0439. The van der Waals surface area contributed by atoms with Crippen molar-refractivity contribution in [1.29, 1.82) is 0 Å². The van der Waals surface area contributed by atoms with Gasteiger partial charge in [-0.2, -0.15) is 5.10 Å². The minimum Gasteiger partial charge on any atom is -0.236 e. The summed E-state index contributed by atoms with van der Waals surface area (Å²) in [7, 11) is 1.58. The highest BCUT2D eigenvalue weighted by Gasteiger charge is 2.19. The highest BCUT2D eigenvalue weighted by molar-refractivity contribution is 8.13. The van der Waals surface area contributed by atoms with Gasteiger partial charge in [0.1, 0.15) is 4.90 Å². The fraction of sp³-hybridized carbons (Fsp3) is 0.182. The molecule has 6 heteroatoms. The van der Waals surface area contributed by atoms with Gasteiger partial charge in [0, 0.05) is 10.7 Å². The first-order valence-electron chi connectivity index (χ1n) is 4.96. The number of hydrogen-bond acceptors (Lipinski definition) is 3. The number of hydrogen-bond donors (Lipinski definition) is 0. The zero-order chi connectivity index (χ0) is 12.6. The van der Waals surface area contributed by atoms with Gasteiger partial charge in [-0.3, -0.25) is 0 Å². The number of aromatic nitrogens is 2. The summed E-state index contributed by atoms with van der Waals surface area (Å²) in [6.07, 6.45) is 1.27. The first kappa shape index (κ1) is 12.1.